The normalized spacial score (nSPS) is 14.8. The first kappa shape index (κ1) is 15.6. The molecule has 1 amide bonds. The second-order valence-electron chi connectivity index (χ2n) is 6.20. The lowest BCUT2D eigenvalue weighted by Crippen LogP contribution is -2.17. The van der Waals surface area contributed by atoms with Crippen LogP contribution in [0.25, 0.3) is 11.3 Å². The Bertz CT molecular complexity index is 893. The van der Waals surface area contributed by atoms with Crippen molar-refractivity contribution in [3.8, 4) is 11.3 Å². The molecule has 5 nitrogen and oxygen atoms in total. The van der Waals surface area contributed by atoms with Crippen molar-refractivity contribution < 1.29 is 13.6 Å². The molecule has 128 valence electrons. The molecule has 0 unspecified atom stereocenters. The fraction of sp³-hybridized carbons (Fsp3) is 0.263. The topological polar surface area (TPSA) is 60.1 Å². The van der Waals surface area contributed by atoms with Crippen LogP contribution in [-0.4, -0.2) is 15.7 Å². The highest BCUT2D eigenvalue weighted by atomic mass is 19.1. The molecule has 0 atom stereocenters. The standard InChI is InChI=1S/C19H18FN3O2/c20-15-8-4-3-7-14(15)16-9-10-17(25-16)19(24)22-18-11-12-21-23(18)13-5-1-2-6-13/h3-4,7-13H,1-2,5-6H2,(H,22,24). The summed E-state index contributed by atoms with van der Waals surface area (Å²) in [5.74, 6) is 0.358. The lowest BCUT2D eigenvalue weighted by Gasteiger charge is -2.14. The Morgan fingerprint density at radius 2 is 1.96 bits per heavy atom. The Labute approximate surface area is 144 Å². The highest BCUT2D eigenvalue weighted by Gasteiger charge is 2.21. The molecule has 2 aromatic heterocycles. The molecule has 2 heterocycles. The van der Waals surface area contributed by atoms with Crippen LogP contribution in [0.4, 0.5) is 10.2 Å². The van der Waals surface area contributed by atoms with E-state index in [-0.39, 0.29) is 17.5 Å². The van der Waals surface area contributed by atoms with Crippen molar-refractivity contribution in [2.45, 2.75) is 31.7 Å². The maximum atomic E-state index is 13.8. The predicted octanol–water partition coefficient (Wildman–Crippen LogP) is 4.65. The van der Waals surface area contributed by atoms with Gasteiger partial charge in [-0.25, -0.2) is 9.07 Å². The van der Waals surface area contributed by atoms with Crippen LogP contribution in [0.5, 0.6) is 0 Å². The van der Waals surface area contributed by atoms with Crippen LogP contribution in [0.1, 0.15) is 42.3 Å². The number of benzene rings is 1. The Morgan fingerprint density at radius 3 is 2.76 bits per heavy atom. The van der Waals surface area contributed by atoms with E-state index in [1.165, 1.54) is 18.9 Å². The molecule has 1 N–H and O–H groups in total. The van der Waals surface area contributed by atoms with Crippen LogP contribution < -0.4 is 5.32 Å². The SMILES string of the molecule is O=C(Nc1ccnn1C1CCCC1)c1ccc(-c2ccccc2F)o1. The third-order valence-corrected chi connectivity index (χ3v) is 4.55. The van der Waals surface area contributed by atoms with E-state index in [0.29, 0.717) is 23.2 Å². The molecule has 3 aromatic rings. The van der Waals surface area contributed by atoms with E-state index in [0.717, 1.165) is 12.8 Å². The van der Waals surface area contributed by atoms with Crippen LogP contribution in [0, 0.1) is 5.82 Å². The Kier molecular flexibility index (Phi) is 4.09. The van der Waals surface area contributed by atoms with Crippen LogP contribution in [0.15, 0.2) is 53.1 Å². The zero-order valence-corrected chi connectivity index (χ0v) is 13.6. The zero-order chi connectivity index (χ0) is 17.2. The molecule has 1 saturated carbocycles. The average molecular weight is 339 g/mol. The Balaban J connectivity index is 1.53. The van der Waals surface area contributed by atoms with Crippen molar-refractivity contribution in [2.24, 2.45) is 0 Å². The highest BCUT2D eigenvalue weighted by molar-refractivity contribution is 6.02. The Morgan fingerprint density at radius 1 is 1.16 bits per heavy atom. The van der Waals surface area contributed by atoms with E-state index >= 15 is 0 Å². The van der Waals surface area contributed by atoms with E-state index in [1.807, 2.05) is 4.68 Å². The van der Waals surface area contributed by atoms with E-state index in [2.05, 4.69) is 10.4 Å². The smallest absolute Gasteiger partial charge is 0.292 e. The minimum absolute atomic E-state index is 0.137. The molecule has 0 spiro atoms. The first-order valence-corrected chi connectivity index (χ1v) is 8.42. The lowest BCUT2D eigenvalue weighted by atomic mass is 10.1. The molecule has 1 aliphatic rings. The number of hydrogen-bond donors (Lipinski definition) is 1. The maximum absolute atomic E-state index is 13.8. The number of nitrogens with one attached hydrogen (secondary N) is 1. The molecule has 1 aromatic carbocycles. The maximum Gasteiger partial charge on any atom is 0.292 e. The number of carbonyl (C=O) groups excluding carboxylic acids is 1. The first-order valence-electron chi connectivity index (χ1n) is 8.42. The second-order valence-corrected chi connectivity index (χ2v) is 6.20. The number of nitrogens with zero attached hydrogens (tertiary/aromatic N) is 2. The zero-order valence-electron chi connectivity index (χ0n) is 13.6. The molecule has 6 heteroatoms. The minimum atomic E-state index is -0.386. The fourth-order valence-electron chi connectivity index (χ4n) is 3.30. The summed E-state index contributed by atoms with van der Waals surface area (Å²) in [7, 11) is 0. The van der Waals surface area contributed by atoms with Crippen molar-refractivity contribution in [3.63, 3.8) is 0 Å². The first-order chi connectivity index (χ1) is 12.2. The minimum Gasteiger partial charge on any atom is -0.451 e. The van der Waals surface area contributed by atoms with E-state index in [1.54, 1.807) is 42.6 Å². The van der Waals surface area contributed by atoms with E-state index < -0.39 is 0 Å². The van der Waals surface area contributed by atoms with Gasteiger partial charge in [0, 0.05) is 6.07 Å². The summed E-state index contributed by atoms with van der Waals surface area (Å²) in [5.41, 5.74) is 0.331. The van der Waals surface area contributed by atoms with Gasteiger partial charge in [0.25, 0.3) is 5.91 Å². The van der Waals surface area contributed by atoms with Gasteiger partial charge in [-0.3, -0.25) is 4.79 Å². The highest BCUT2D eigenvalue weighted by Crippen LogP contribution is 2.31. The molecular weight excluding hydrogens is 321 g/mol. The number of aromatic nitrogens is 2. The summed E-state index contributed by atoms with van der Waals surface area (Å²) in [5, 5.41) is 7.17. The number of halogens is 1. The lowest BCUT2D eigenvalue weighted by molar-refractivity contribution is 0.0996. The average Bonchev–Trinajstić information content (AvgIpc) is 3.36. The van der Waals surface area contributed by atoms with Crippen molar-refractivity contribution in [2.75, 3.05) is 5.32 Å². The van der Waals surface area contributed by atoms with Crippen LogP contribution in [0.3, 0.4) is 0 Å². The summed E-state index contributed by atoms with van der Waals surface area (Å²) < 4.78 is 21.3. The monoisotopic (exact) mass is 339 g/mol. The summed E-state index contributed by atoms with van der Waals surface area (Å²) in [6.45, 7) is 0. The van der Waals surface area contributed by atoms with Gasteiger partial charge in [-0.15, -0.1) is 0 Å². The summed E-state index contributed by atoms with van der Waals surface area (Å²) in [6.07, 6.45) is 6.19. The van der Waals surface area contributed by atoms with Gasteiger partial charge < -0.3 is 9.73 Å². The van der Waals surface area contributed by atoms with Crippen molar-refractivity contribution in [3.05, 3.63) is 60.2 Å². The van der Waals surface area contributed by atoms with Crippen LogP contribution >= 0.6 is 0 Å². The molecule has 0 saturated heterocycles. The number of furan rings is 1. The summed E-state index contributed by atoms with van der Waals surface area (Å²) in [4.78, 5) is 12.5. The van der Waals surface area contributed by atoms with Gasteiger partial charge in [0.2, 0.25) is 0 Å². The third-order valence-electron chi connectivity index (χ3n) is 4.55. The predicted molar refractivity (Wildman–Crippen MR) is 91.8 cm³/mol. The number of hydrogen-bond acceptors (Lipinski definition) is 3. The molecular formula is C19H18FN3O2. The molecule has 0 radical (unpaired) electrons. The molecule has 0 bridgehead atoms. The van der Waals surface area contributed by atoms with Crippen LogP contribution in [0.2, 0.25) is 0 Å². The van der Waals surface area contributed by atoms with Crippen molar-refractivity contribution in [1.29, 1.82) is 0 Å². The van der Waals surface area contributed by atoms with E-state index in [4.69, 9.17) is 4.42 Å². The number of anilines is 1. The second kappa shape index (κ2) is 6.55. The van der Waals surface area contributed by atoms with Crippen LogP contribution in [-0.2, 0) is 0 Å². The number of carbonyl (C=O) groups is 1. The summed E-state index contributed by atoms with van der Waals surface area (Å²) >= 11 is 0. The third kappa shape index (κ3) is 3.07. The van der Waals surface area contributed by atoms with Gasteiger partial charge in [-0.2, -0.15) is 5.10 Å². The van der Waals surface area contributed by atoms with Crippen molar-refractivity contribution >= 4 is 11.7 Å². The van der Waals surface area contributed by atoms with Gasteiger partial charge in [-0.05, 0) is 37.1 Å². The van der Waals surface area contributed by atoms with Gasteiger partial charge in [0.1, 0.15) is 17.4 Å². The van der Waals surface area contributed by atoms with Gasteiger partial charge in [-0.1, -0.05) is 25.0 Å². The number of rotatable bonds is 4. The fourth-order valence-corrected chi connectivity index (χ4v) is 3.30. The number of amides is 1. The quantitative estimate of drug-likeness (QED) is 0.753. The molecule has 1 fully saturated rings. The Hall–Kier alpha value is -2.89. The molecule has 1 aliphatic carbocycles. The van der Waals surface area contributed by atoms with Gasteiger partial charge in [0.15, 0.2) is 5.76 Å². The van der Waals surface area contributed by atoms with E-state index in [9.17, 15) is 9.18 Å². The largest absolute Gasteiger partial charge is 0.451 e. The molecule has 0 aliphatic heterocycles. The molecule has 4 rings (SSSR count). The van der Waals surface area contributed by atoms with Gasteiger partial charge >= 0.3 is 0 Å². The van der Waals surface area contributed by atoms with Gasteiger partial charge in [0.05, 0.1) is 17.8 Å². The molecule has 25 heavy (non-hydrogen) atoms. The summed E-state index contributed by atoms with van der Waals surface area (Å²) in [6, 6.07) is 11.6. The van der Waals surface area contributed by atoms with Crippen molar-refractivity contribution in [1.82, 2.24) is 9.78 Å².